The second-order valence-electron chi connectivity index (χ2n) is 4.77. The Morgan fingerprint density at radius 3 is 2.89 bits per heavy atom. The number of aromatic amines is 1. The summed E-state index contributed by atoms with van der Waals surface area (Å²) in [6, 6.07) is 6.27. The standard InChI is InChI=1S/C14H22N4/c1-4-11(8-15-3)9-16-12-5-6-13-14(7-12)18-10(2)17-13/h5-7,11,15-16H,4,8-9H2,1-3H3,(H,17,18). The van der Waals surface area contributed by atoms with Crippen LogP contribution in [0, 0.1) is 12.8 Å². The summed E-state index contributed by atoms with van der Waals surface area (Å²) in [5.74, 6) is 1.62. The van der Waals surface area contributed by atoms with Gasteiger partial charge in [0.2, 0.25) is 0 Å². The van der Waals surface area contributed by atoms with Crippen LogP contribution in [0.3, 0.4) is 0 Å². The molecule has 1 heterocycles. The summed E-state index contributed by atoms with van der Waals surface area (Å²) in [6.45, 7) is 6.25. The zero-order valence-corrected chi connectivity index (χ0v) is 11.4. The molecule has 0 aliphatic rings. The van der Waals surface area contributed by atoms with Crippen molar-refractivity contribution in [2.75, 3.05) is 25.5 Å². The van der Waals surface area contributed by atoms with Crippen LogP contribution in [0.2, 0.25) is 0 Å². The number of imidazole rings is 1. The smallest absolute Gasteiger partial charge is 0.104 e. The molecule has 4 heteroatoms. The van der Waals surface area contributed by atoms with Crippen molar-refractivity contribution in [3.63, 3.8) is 0 Å². The fourth-order valence-electron chi connectivity index (χ4n) is 2.16. The van der Waals surface area contributed by atoms with E-state index in [2.05, 4.69) is 45.7 Å². The van der Waals surface area contributed by atoms with Crippen molar-refractivity contribution >= 4 is 16.7 Å². The molecule has 0 spiro atoms. The van der Waals surface area contributed by atoms with E-state index < -0.39 is 0 Å². The maximum Gasteiger partial charge on any atom is 0.104 e. The highest BCUT2D eigenvalue weighted by Gasteiger charge is 2.05. The molecule has 3 N–H and O–H groups in total. The molecule has 2 aromatic rings. The van der Waals surface area contributed by atoms with Gasteiger partial charge in [0.1, 0.15) is 5.82 Å². The van der Waals surface area contributed by atoms with E-state index in [0.717, 1.165) is 35.6 Å². The average Bonchev–Trinajstić information content (AvgIpc) is 2.73. The predicted molar refractivity (Wildman–Crippen MR) is 77.0 cm³/mol. The molecule has 0 aliphatic carbocycles. The lowest BCUT2D eigenvalue weighted by Crippen LogP contribution is -2.24. The molecule has 2 rings (SSSR count). The lowest BCUT2D eigenvalue weighted by atomic mass is 10.1. The van der Waals surface area contributed by atoms with Gasteiger partial charge in [0.05, 0.1) is 11.0 Å². The number of aryl methyl sites for hydroxylation is 1. The molecule has 1 atom stereocenters. The van der Waals surface area contributed by atoms with E-state index in [9.17, 15) is 0 Å². The lowest BCUT2D eigenvalue weighted by molar-refractivity contribution is 0.507. The summed E-state index contributed by atoms with van der Waals surface area (Å²) in [5.41, 5.74) is 3.28. The van der Waals surface area contributed by atoms with Crippen LogP contribution in [-0.2, 0) is 0 Å². The van der Waals surface area contributed by atoms with Crippen molar-refractivity contribution < 1.29 is 0 Å². The highest BCUT2D eigenvalue weighted by Crippen LogP contribution is 2.17. The number of aromatic nitrogens is 2. The maximum atomic E-state index is 4.40. The summed E-state index contributed by atoms with van der Waals surface area (Å²) in [6.07, 6.45) is 1.18. The van der Waals surface area contributed by atoms with Gasteiger partial charge in [0.25, 0.3) is 0 Å². The number of nitrogens with one attached hydrogen (secondary N) is 3. The van der Waals surface area contributed by atoms with Crippen molar-refractivity contribution in [1.82, 2.24) is 15.3 Å². The zero-order chi connectivity index (χ0) is 13.0. The van der Waals surface area contributed by atoms with Crippen molar-refractivity contribution in [1.29, 1.82) is 0 Å². The van der Waals surface area contributed by atoms with E-state index in [1.165, 1.54) is 6.42 Å². The van der Waals surface area contributed by atoms with Gasteiger partial charge in [-0.2, -0.15) is 0 Å². The van der Waals surface area contributed by atoms with Crippen molar-refractivity contribution in [2.24, 2.45) is 5.92 Å². The molecule has 0 aliphatic heterocycles. The van der Waals surface area contributed by atoms with Crippen LogP contribution in [0.25, 0.3) is 11.0 Å². The van der Waals surface area contributed by atoms with Gasteiger partial charge in [-0.3, -0.25) is 0 Å². The predicted octanol–water partition coefficient (Wildman–Crippen LogP) is 2.53. The molecule has 0 radical (unpaired) electrons. The van der Waals surface area contributed by atoms with Gasteiger partial charge >= 0.3 is 0 Å². The molecule has 0 fully saturated rings. The second kappa shape index (κ2) is 5.87. The Labute approximate surface area is 108 Å². The molecule has 98 valence electrons. The molecular weight excluding hydrogens is 224 g/mol. The van der Waals surface area contributed by atoms with Crippen LogP contribution in [0.1, 0.15) is 19.2 Å². The number of H-pyrrole nitrogens is 1. The van der Waals surface area contributed by atoms with E-state index in [1.807, 2.05) is 14.0 Å². The second-order valence-corrected chi connectivity index (χ2v) is 4.77. The van der Waals surface area contributed by atoms with Crippen molar-refractivity contribution in [3.8, 4) is 0 Å². The first kappa shape index (κ1) is 12.9. The Morgan fingerprint density at radius 2 is 2.17 bits per heavy atom. The van der Waals surface area contributed by atoms with Gasteiger partial charge in [-0.1, -0.05) is 13.3 Å². The van der Waals surface area contributed by atoms with E-state index in [1.54, 1.807) is 0 Å². The zero-order valence-electron chi connectivity index (χ0n) is 11.4. The minimum absolute atomic E-state index is 0.661. The number of fused-ring (bicyclic) bond motifs is 1. The third kappa shape index (κ3) is 3.01. The first-order valence-corrected chi connectivity index (χ1v) is 6.57. The maximum absolute atomic E-state index is 4.40. The van der Waals surface area contributed by atoms with Crippen LogP contribution in [0.4, 0.5) is 5.69 Å². The molecule has 18 heavy (non-hydrogen) atoms. The molecule has 1 aromatic heterocycles. The first-order valence-electron chi connectivity index (χ1n) is 6.57. The summed E-state index contributed by atoms with van der Waals surface area (Å²) in [4.78, 5) is 7.66. The fourth-order valence-corrected chi connectivity index (χ4v) is 2.16. The van der Waals surface area contributed by atoms with Gasteiger partial charge in [0.15, 0.2) is 0 Å². The van der Waals surface area contributed by atoms with Crippen LogP contribution >= 0.6 is 0 Å². The normalized spacial score (nSPS) is 12.8. The van der Waals surface area contributed by atoms with E-state index in [4.69, 9.17) is 0 Å². The molecule has 0 saturated carbocycles. The number of rotatable bonds is 6. The third-order valence-electron chi connectivity index (χ3n) is 3.27. The number of hydrogen-bond acceptors (Lipinski definition) is 3. The Bertz CT molecular complexity index is 503. The van der Waals surface area contributed by atoms with Crippen LogP contribution in [-0.4, -0.2) is 30.1 Å². The summed E-state index contributed by atoms with van der Waals surface area (Å²) >= 11 is 0. The van der Waals surface area contributed by atoms with Gasteiger partial charge in [-0.05, 0) is 44.6 Å². The third-order valence-corrected chi connectivity index (χ3v) is 3.27. The van der Waals surface area contributed by atoms with Gasteiger partial charge < -0.3 is 15.6 Å². The summed E-state index contributed by atoms with van der Waals surface area (Å²) < 4.78 is 0. The van der Waals surface area contributed by atoms with Crippen LogP contribution in [0.5, 0.6) is 0 Å². The molecule has 0 bridgehead atoms. The molecule has 4 nitrogen and oxygen atoms in total. The first-order chi connectivity index (χ1) is 8.72. The number of nitrogens with zero attached hydrogens (tertiary/aromatic N) is 1. The fraction of sp³-hybridized carbons (Fsp3) is 0.500. The van der Waals surface area contributed by atoms with Crippen molar-refractivity contribution in [2.45, 2.75) is 20.3 Å². The van der Waals surface area contributed by atoms with Gasteiger partial charge in [-0.15, -0.1) is 0 Å². The molecule has 1 aromatic carbocycles. The van der Waals surface area contributed by atoms with E-state index >= 15 is 0 Å². The largest absolute Gasteiger partial charge is 0.385 e. The number of benzene rings is 1. The van der Waals surface area contributed by atoms with Crippen LogP contribution < -0.4 is 10.6 Å². The Balaban J connectivity index is 2.02. The topological polar surface area (TPSA) is 52.7 Å². The van der Waals surface area contributed by atoms with Crippen molar-refractivity contribution in [3.05, 3.63) is 24.0 Å². The summed E-state index contributed by atoms with van der Waals surface area (Å²) in [5, 5.41) is 6.73. The Kier molecular flexibility index (Phi) is 4.20. The van der Waals surface area contributed by atoms with E-state index in [-0.39, 0.29) is 0 Å². The van der Waals surface area contributed by atoms with Gasteiger partial charge in [0, 0.05) is 12.2 Å². The number of anilines is 1. The molecule has 1 unspecified atom stereocenters. The Morgan fingerprint density at radius 1 is 1.33 bits per heavy atom. The molecule has 0 amide bonds. The quantitative estimate of drug-likeness (QED) is 0.734. The minimum atomic E-state index is 0.661. The minimum Gasteiger partial charge on any atom is -0.385 e. The SMILES string of the molecule is CCC(CNC)CNc1ccc2nc(C)[nH]c2c1. The summed E-state index contributed by atoms with van der Waals surface area (Å²) in [7, 11) is 2.00. The number of hydrogen-bond donors (Lipinski definition) is 3. The Hall–Kier alpha value is -1.55. The van der Waals surface area contributed by atoms with Gasteiger partial charge in [-0.25, -0.2) is 4.98 Å². The highest BCUT2D eigenvalue weighted by atomic mass is 14.9. The highest BCUT2D eigenvalue weighted by molar-refractivity contribution is 5.79. The monoisotopic (exact) mass is 246 g/mol. The molecule has 0 saturated heterocycles. The molecular formula is C14H22N4. The van der Waals surface area contributed by atoms with Crippen LogP contribution in [0.15, 0.2) is 18.2 Å². The van der Waals surface area contributed by atoms with E-state index in [0.29, 0.717) is 5.92 Å². The lowest BCUT2D eigenvalue weighted by Gasteiger charge is -2.15. The average molecular weight is 246 g/mol.